The number of esters is 1. The molecule has 128 valence electrons. The molecule has 0 aliphatic carbocycles. The van der Waals surface area contributed by atoms with Crippen molar-refractivity contribution >= 4 is 12.0 Å². The molecule has 0 saturated heterocycles. The van der Waals surface area contributed by atoms with Gasteiger partial charge in [0.25, 0.3) is 0 Å². The van der Waals surface area contributed by atoms with Gasteiger partial charge >= 0.3 is 12.0 Å². The number of carbonyl (C=O) groups excluding carboxylic acids is 2. The van der Waals surface area contributed by atoms with Crippen LogP contribution in [-0.2, 0) is 9.53 Å². The van der Waals surface area contributed by atoms with Crippen LogP contribution >= 0.6 is 0 Å². The first kappa shape index (κ1) is 18.9. The van der Waals surface area contributed by atoms with Crippen LogP contribution in [0.1, 0.15) is 45.7 Å². The number of halogens is 1. The lowest BCUT2D eigenvalue weighted by Gasteiger charge is -2.23. The van der Waals surface area contributed by atoms with Crippen LogP contribution in [0.25, 0.3) is 0 Å². The summed E-state index contributed by atoms with van der Waals surface area (Å²) in [5.74, 6) is -0.527. The number of hydrogen-bond donors (Lipinski definition) is 2. The van der Waals surface area contributed by atoms with Crippen molar-refractivity contribution in [3.8, 4) is 0 Å². The van der Waals surface area contributed by atoms with Crippen molar-refractivity contribution in [2.24, 2.45) is 5.92 Å². The van der Waals surface area contributed by atoms with Crippen molar-refractivity contribution in [1.29, 1.82) is 0 Å². The Labute approximate surface area is 136 Å². The quantitative estimate of drug-likeness (QED) is 0.757. The first-order chi connectivity index (χ1) is 10.8. The molecule has 6 heteroatoms. The predicted molar refractivity (Wildman–Crippen MR) is 86.4 cm³/mol. The second-order valence-corrected chi connectivity index (χ2v) is 5.96. The zero-order valence-electron chi connectivity index (χ0n) is 14.1. The van der Waals surface area contributed by atoms with Crippen molar-refractivity contribution in [3.63, 3.8) is 0 Å². The van der Waals surface area contributed by atoms with Crippen LogP contribution in [0, 0.1) is 11.7 Å². The van der Waals surface area contributed by atoms with E-state index in [1.807, 2.05) is 13.8 Å². The summed E-state index contributed by atoms with van der Waals surface area (Å²) in [6.07, 6.45) is -0.0470. The fourth-order valence-corrected chi connectivity index (χ4v) is 2.10. The molecule has 2 N–H and O–H groups in total. The van der Waals surface area contributed by atoms with E-state index in [9.17, 15) is 14.0 Å². The zero-order valence-corrected chi connectivity index (χ0v) is 14.1. The molecule has 0 heterocycles. The SMILES string of the molecule is CC(C)OC(=O)CCNC(=O)N[C@@H](c1ccc(F)cc1)C(C)C. The molecule has 0 bridgehead atoms. The average molecular weight is 324 g/mol. The van der Waals surface area contributed by atoms with Crippen LogP contribution in [0.15, 0.2) is 24.3 Å². The molecule has 0 aliphatic heterocycles. The molecule has 0 spiro atoms. The van der Waals surface area contributed by atoms with Crippen LogP contribution in [-0.4, -0.2) is 24.6 Å². The van der Waals surface area contributed by atoms with Gasteiger partial charge in [-0.25, -0.2) is 9.18 Å². The minimum Gasteiger partial charge on any atom is -0.463 e. The standard InChI is InChI=1S/C17H25FN2O3/c1-11(2)16(13-5-7-14(18)8-6-13)20-17(22)19-10-9-15(21)23-12(3)4/h5-8,11-12,16H,9-10H2,1-4H3,(H2,19,20,22)/t16-/m1/s1. The summed E-state index contributed by atoms with van der Waals surface area (Å²) in [7, 11) is 0. The molecular weight excluding hydrogens is 299 g/mol. The van der Waals surface area contributed by atoms with Gasteiger partial charge in [-0.2, -0.15) is 0 Å². The number of urea groups is 1. The summed E-state index contributed by atoms with van der Waals surface area (Å²) in [5.41, 5.74) is 0.829. The minimum absolute atomic E-state index is 0.120. The highest BCUT2D eigenvalue weighted by molar-refractivity contribution is 5.76. The van der Waals surface area contributed by atoms with Crippen LogP contribution < -0.4 is 10.6 Å². The lowest BCUT2D eigenvalue weighted by molar-refractivity contribution is -0.147. The van der Waals surface area contributed by atoms with Crippen LogP contribution in [0.2, 0.25) is 0 Å². The van der Waals surface area contributed by atoms with Crippen molar-refractivity contribution in [2.45, 2.75) is 46.3 Å². The largest absolute Gasteiger partial charge is 0.463 e. The van der Waals surface area contributed by atoms with Crippen molar-refractivity contribution < 1.29 is 18.7 Å². The smallest absolute Gasteiger partial charge is 0.315 e. The second-order valence-electron chi connectivity index (χ2n) is 5.96. The van der Waals surface area contributed by atoms with E-state index in [1.54, 1.807) is 26.0 Å². The molecular formula is C17H25FN2O3. The molecule has 1 aromatic rings. The van der Waals surface area contributed by atoms with E-state index >= 15 is 0 Å². The summed E-state index contributed by atoms with van der Waals surface area (Å²) in [5, 5.41) is 5.47. The van der Waals surface area contributed by atoms with E-state index in [0.29, 0.717) is 0 Å². The van der Waals surface area contributed by atoms with E-state index < -0.39 is 0 Å². The summed E-state index contributed by atoms with van der Waals surface area (Å²) in [6, 6.07) is 5.43. The van der Waals surface area contributed by atoms with Crippen LogP contribution in [0.5, 0.6) is 0 Å². The van der Waals surface area contributed by atoms with Crippen molar-refractivity contribution in [1.82, 2.24) is 10.6 Å². The Bertz CT molecular complexity index is 515. The topological polar surface area (TPSA) is 67.4 Å². The summed E-state index contributed by atoms with van der Waals surface area (Å²) in [6.45, 7) is 7.68. The van der Waals surface area contributed by atoms with Gasteiger partial charge in [0.05, 0.1) is 18.6 Å². The van der Waals surface area contributed by atoms with Crippen molar-refractivity contribution in [3.05, 3.63) is 35.6 Å². The normalized spacial score (nSPS) is 12.1. The lowest BCUT2D eigenvalue weighted by Crippen LogP contribution is -2.40. The van der Waals surface area contributed by atoms with Gasteiger partial charge in [-0.1, -0.05) is 26.0 Å². The molecule has 0 fully saturated rings. The highest BCUT2D eigenvalue weighted by Gasteiger charge is 2.18. The molecule has 0 aromatic heterocycles. The maximum atomic E-state index is 13.0. The minimum atomic E-state index is -0.370. The number of rotatable bonds is 7. The van der Waals surface area contributed by atoms with Crippen LogP contribution in [0.4, 0.5) is 9.18 Å². The van der Waals surface area contributed by atoms with E-state index in [2.05, 4.69) is 10.6 Å². The van der Waals surface area contributed by atoms with Crippen molar-refractivity contribution in [2.75, 3.05) is 6.54 Å². The maximum Gasteiger partial charge on any atom is 0.315 e. The summed E-state index contributed by atoms with van der Waals surface area (Å²) in [4.78, 5) is 23.3. The molecule has 0 saturated carbocycles. The third-order valence-corrected chi connectivity index (χ3v) is 3.16. The maximum absolute atomic E-state index is 13.0. The molecule has 2 amide bonds. The number of hydrogen-bond acceptors (Lipinski definition) is 3. The molecule has 5 nitrogen and oxygen atoms in total. The number of benzene rings is 1. The number of carbonyl (C=O) groups is 2. The molecule has 1 rings (SSSR count). The second kappa shape index (κ2) is 9.12. The van der Waals surface area contributed by atoms with Gasteiger partial charge in [0, 0.05) is 6.54 Å². The Morgan fingerprint density at radius 2 is 1.74 bits per heavy atom. The Morgan fingerprint density at radius 1 is 1.13 bits per heavy atom. The third kappa shape index (κ3) is 7.13. The van der Waals surface area contributed by atoms with Gasteiger partial charge in [0.15, 0.2) is 0 Å². The Morgan fingerprint density at radius 3 is 2.26 bits per heavy atom. The monoisotopic (exact) mass is 324 g/mol. The lowest BCUT2D eigenvalue weighted by atomic mass is 9.96. The highest BCUT2D eigenvalue weighted by Crippen LogP contribution is 2.21. The van der Waals surface area contributed by atoms with Gasteiger partial charge in [0.1, 0.15) is 5.82 Å². The van der Waals surface area contributed by atoms with E-state index in [4.69, 9.17) is 4.74 Å². The van der Waals surface area contributed by atoms with E-state index in [-0.39, 0.29) is 48.8 Å². The predicted octanol–water partition coefficient (Wildman–Crippen LogP) is 3.16. The first-order valence-electron chi connectivity index (χ1n) is 7.79. The molecule has 1 aromatic carbocycles. The van der Waals surface area contributed by atoms with Gasteiger partial charge < -0.3 is 15.4 Å². The number of nitrogens with one attached hydrogen (secondary N) is 2. The van der Waals surface area contributed by atoms with Gasteiger partial charge in [-0.15, -0.1) is 0 Å². The van der Waals surface area contributed by atoms with E-state index in [0.717, 1.165) is 5.56 Å². The van der Waals surface area contributed by atoms with Gasteiger partial charge in [-0.3, -0.25) is 4.79 Å². The van der Waals surface area contributed by atoms with Gasteiger partial charge in [-0.05, 0) is 37.5 Å². The highest BCUT2D eigenvalue weighted by atomic mass is 19.1. The number of amides is 2. The Balaban J connectivity index is 2.49. The first-order valence-corrected chi connectivity index (χ1v) is 7.79. The van der Waals surface area contributed by atoms with E-state index in [1.165, 1.54) is 12.1 Å². The summed E-state index contributed by atoms with van der Waals surface area (Å²) < 4.78 is 18.0. The molecule has 0 unspecified atom stereocenters. The average Bonchev–Trinajstić information content (AvgIpc) is 2.44. The Kier molecular flexibility index (Phi) is 7.51. The fraction of sp³-hybridized carbons (Fsp3) is 0.529. The molecule has 23 heavy (non-hydrogen) atoms. The summed E-state index contributed by atoms with van der Waals surface area (Å²) >= 11 is 0. The molecule has 0 aliphatic rings. The molecule has 1 atom stereocenters. The number of ether oxygens (including phenoxy) is 1. The molecule has 0 radical (unpaired) electrons. The Hall–Kier alpha value is -2.11. The van der Waals surface area contributed by atoms with Crippen LogP contribution in [0.3, 0.4) is 0 Å². The third-order valence-electron chi connectivity index (χ3n) is 3.16. The zero-order chi connectivity index (χ0) is 17.4. The van der Waals surface area contributed by atoms with Gasteiger partial charge in [0.2, 0.25) is 0 Å². The fourth-order valence-electron chi connectivity index (χ4n) is 2.10.